The summed E-state index contributed by atoms with van der Waals surface area (Å²) in [4.78, 5) is 30.5. The van der Waals surface area contributed by atoms with Gasteiger partial charge in [0.1, 0.15) is 11.7 Å². The third-order valence-electron chi connectivity index (χ3n) is 4.81. The lowest BCUT2D eigenvalue weighted by Gasteiger charge is -2.34. The van der Waals surface area contributed by atoms with Crippen molar-refractivity contribution in [1.29, 1.82) is 0 Å². The van der Waals surface area contributed by atoms with Crippen molar-refractivity contribution in [2.75, 3.05) is 19.8 Å². The van der Waals surface area contributed by atoms with E-state index >= 15 is 0 Å². The zero-order chi connectivity index (χ0) is 20.7. The van der Waals surface area contributed by atoms with Crippen LogP contribution >= 0.6 is 0 Å². The first-order valence-electron chi connectivity index (χ1n) is 10.3. The molecule has 0 radical (unpaired) electrons. The Kier molecular flexibility index (Phi) is 7.78. The fourth-order valence-electron chi connectivity index (χ4n) is 3.69. The summed E-state index contributed by atoms with van der Waals surface area (Å²) in [5, 5.41) is 0. The highest BCUT2D eigenvalue weighted by Crippen LogP contribution is 2.36. The average Bonchev–Trinajstić information content (AvgIpc) is 2.61. The Hall–Kier alpha value is -2.17. The number of hydrogen-bond donors (Lipinski definition) is 0. The van der Waals surface area contributed by atoms with Crippen LogP contribution in [0, 0.1) is 11.3 Å². The maximum absolute atomic E-state index is 13.1. The Labute approximate surface area is 168 Å². The molecule has 1 saturated carbocycles. The van der Waals surface area contributed by atoms with Gasteiger partial charge in [0.2, 0.25) is 0 Å². The summed E-state index contributed by atoms with van der Waals surface area (Å²) < 4.78 is 11.2. The van der Waals surface area contributed by atoms with Crippen LogP contribution in [0.1, 0.15) is 59.4 Å². The molecule has 5 nitrogen and oxygen atoms in total. The highest BCUT2D eigenvalue weighted by molar-refractivity contribution is 6.22. The molecule has 1 aromatic carbocycles. The summed E-state index contributed by atoms with van der Waals surface area (Å²) in [6.07, 6.45) is 2.20. The smallest absolute Gasteiger partial charge is 0.161 e. The molecule has 1 fully saturated rings. The van der Waals surface area contributed by atoms with E-state index in [9.17, 15) is 9.59 Å². The van der Waals surface area contributed by atoms with E-state index in [4.69, 9.17) is 9.47 Å². The first-order chi connectivity index (χ1) is 13.3. The second kappa shape index (κ2) is 9.85. The summed E-state index contributed by atoms with van der Waals surface area (Å²) in [7, 11) is 0. The quantitative estimate of drug-likeness (QED) is 0.587. The SMILES string of the molecule is CCCN=C1CC(C)(C)CC(=O)C1C(=O)Cc1ccc(OCC)c(OCC)c1. The monoisotopic (exact) mass is 387 g/mol. The number of aliphatic imine (C=N–C) groups is 1. The molecule has 1 atom stereocenters. The molecule has 0 saturated heterocycles. The Balaban J connectivity index is 2.24. The van der Waals surface area contributed by atoms with E-state index in [0.29, 0.717) is 44.1 Å². The first-order valence-corrected chi connectivity index (χ1v) is 10.3. The van der Waals surface area contributed by atoms with Gasteiger partial charge in [0.25, 0.3) is 0 Å². The molecule has 28 heavy (non-hydrogen) atoms. The molecule has 2 rings (SSSR count). The highest BCUT2D eigenvalue weighted by atomic mass is 16.5. The van der Waals surface area contributed by atoms with Crippen LogP contribution in [-0.4, -0.2) is 37.0 Å². The fourth-order valence-corrected chi connectivity index (χ4v) is 3.69. The summed E-state index contributed by atoms with van der Waals surface area (Å²) >= 11 is 0. The number of carbonyl (C=O) groups is 2. The lowest BCUT2D eigenvalue weighted by molar-refractivity contribution is -0.131. The van der Waals surface area contributed by atoms with Crippen molar-refractivity contribution in [2.24, 2.45) is 16.3 Å². The normalized spacial score (nSPS) is 20.2. The van der Waals surface area contributed by atoms with E-state index in [2.05, 4.69) is 18.8 Å². The molecule has 0 heterocycles. The fraction of sp³-hybridized carbons (Fsp3) is 0.609. The molecule has 0 amide bonds. The molecule has 5 heteroatoms. The van der Waals surface area contributed by atoms with Crippen LogP contribution in [0.4, 0.5) is 0 Å². The van der Waals surface area contributed by atoms with E-state index in [-0.39, 0.29) is 23.4 Å². The second-order valence-electron chi connectivity index (χ2n) is 8.08. The lowest BCUT2D eigenvalue weighted by Crippen LogP contribution is -2.42. The van der Waals surface area contributed by atoms with Gasteiger partial charge in [-0.3, -0.25) is 14.6 Å². The molecule has 0 bridgehead atoms. The van der Waals surface area contributed by atoms with Gasteiger partial charge < -0.3 is 9.47 Å². The van der Waals surface area contributed by atoms with Gasteiger partial charge in [-0.2, -0.15) is 0 Å². The van der Waals surface area contributed by atoms with Crippen molar-refractivity contribution >= 4 is 17.3 Å². The molecule has 0 aliphatic heterocycles. The van der Waals surface area contributed by atoms with Crippen molar-refractivity contribution in [2.45, 2.75) is 60.3 Å². The number of ketones is 2. The van der Waals surface area contributed by atoms with Gasteiger partial charge in [-0.15, -0.1) is 0 Å². The van der Waals surface area contributed by atoms with Gasteiger partial charge in [0.15, 0.2) is 17.3 Å². The Morgan fingerprint density at radius 2 is 1.79 bits per heavy atom. The van der Waals surface area contributed by atoms with E-state index in [0.717, 1.165) is 17.7 Å². The highest BCUT2D eigenvalue weighted by Gasteiger charge is 2.41. The molecular weight excluding hydrogens is 354 g/mol. The number of Topliss-reactive ketones (excluding diaryl/α,β-unsaturated/α-hetero) is 2. The van der Waals surface area contributed by atoms with E-state index in [1.165, 1.54) is 0 Å². The molecule has 154 valence electrons. The minimum absolute atomic E-state index is 0.00734. The predicted octanol–water partition coefficient (Wildman–Crippen LogP) is 4.45. The van der Waals surface area contributed by atoms with Crippen LogP contribution < -0.4 is 9.47 Å². The number of ether oxygens (including phenoxy) is 2. The molecular formula is C23H33NO4. The maximum atomic E-state index is 13.1. The number of carbonyl (C=O) groups excluding carboxylic acids is 2. The van der Waals surface area contributed by atoms with Gasteiger partial charge >= 0.3 is 0 Å². The standard InChI is InChI=1S/C23H33NO4/c1-6-11-24-17-14-23(4,5)15-19(26)22(17)18(25)12-16-9-10-20(27-7-2)21(13-16)28-8-3/h9-10,13,22H,6-8,11-12,14-15H2,1-5H3. The summed E-state index contributed by atoms with van der Waals surface area (Å²) in [5.74, 6) is 0.502. The van der Waals surface area contributed by atoms with Gasteiger partial charge in [-0.1, -0.05) is 26.8 Å². The van der Waals surface area contributed by atoms with Crippen LogP contribution in [0.15, 0.2) is 23.2 Å². The lowest BCUT2D eigenvalue weighted by atomic mass is 9.69. The van der Waals surface area contributed by atoms with Crippen molar-refractivity contribution in [1.82, 2.24) is 0 Å². The minimum atomic E-state index is -0.707. The van der Waals surface area contributed by atoms with Gasteiger partial charge in [-0.05, 0) is 49.8 Å². The summed E-state index contributed by atoms with van der Waals surface area (Å²) in [6.45, 7) is 11.7. The molecule has 1 aliphatic rings. The van der Waals surface area contributed by atoms with Crippen LogP contribution in [0.25, 0.3) is 0 Å². The van der Waals surface area contributed by atoms with Crippen LogP contribution in [0.5, 0.6) is 11.5 Å². The van der Waals surface area contributed by atoms with Gasteiger partial charge in [0.05, 0.1) is 13.2 Å². The number of rotatable bonds is 9. The van der Waals surface area contributed by atoms with E-state index in [1.807, 2.05) is 39.0 Å². The molecule has 1 aromatic rings. The average molecular weight is 388 g/mol. The topological polar surface area (TPSA) is 65.0 Å². The zero-order valence-corrected chi connectivity index (χ0v) is 17.8. The molecule has 0 spiro atoms. The maximum Gasteiger partial charge on any atom is 0.161 e. The van der Waals surface area contributed by atoms with Crippen LogP contribution in [0.2, 0.25) is 0 Å². The van der Waals surface area contributed by atoms with Crippen molar-refractivity contribution in [3.63, 3.8) is 0 Å². The van der Waals surface area contributed by atoms with Crippen molar-refractivity contribution in [3.8, 4) is 11.5 Å². The summed E-state index contributed by atoms with van der Waals surface area (Å²) in [6, 6.07) is 5.53. The van der Waals surface area contributed by atoms with Gasteiger partial charge in [0, 0.05) is 25.1 Å². The second-order valence-corrected chi connectivity index (χ2v) is 8.08. The third kappa shape index (κ3) is 5.66. The van der Waals surface area contributed by atoms with Crippen LogP contribution in [-0.2, 0) is 16.0 Å². The molecule has 1 aliphatic carbocycles. The van der Waals surface area contributed by atoms with Crippen molar-refractivity contribution in [3.05, 3.63) is 23.8 Å². The Morgan fingerprint density at radius 1 is 1.11 bits per heavy atom. The first kappa shape index (κ1) is 22.1. The third-order valence-corrected chi connectivity index (χ3v) is 4.81. The number of nitrogens with zero attached hydrogens (tertiary/aromatic N) is 1. The van der Waals surface area contributed by atoms with Gasteiger partial charge in [-0.25, -0.2) is 0 Å². The number of hydrogen-bond acceptors (Lipinski definition) is 5. The van der Waals surface area contributed by atoms with Crippen LogP contribution in [0.3, 0.4) is 0 Å². The molecule has 0 N–H and O–H groups in total. The number of benzene rings is 1. The predicted molar refractivity (Wildman–Crippen MR) is 112 cm³/mol. The Morgan fingerprint density at radius 3 is 2.43 bits per heavy atom. The molecule has 1 unspecified atom stereocenters. The zero-order valence-electron chi connectivity index (χ0n) is 17.8. The minimum Gasteiger partial charge on any atom is -0.490 e. The van der Waals surface area contributed by atoms with E-state index < -0.39 is 5.92 Å². The van der Waals surface area contributed by atoms with Crippen molar-refractivity contribution < 1.29 is 19.1 Å². The summed E-state index contributed by atoms with van der Waals surface area (Å²) in [5.41, 5.74) is 1.44. The Bertz CT molecular complexity index is 736. The largest absolute Gasteiger partial charge is 0.490 e. The van der Waals surface area contributed by atoms with E-state index in [1.54, 1.807) is 0 Å². The molecule has 0 aromatic heterocycles.